The second-order valence-corrected chi connectivity index (χ2v) is 7.85. The Morgan fingerprint density at radius 2 is 2.04 bits per heavy atom. The highest BCUT2D eigenvalue weighted by atomic mass is 19.4. The molecular formula is C21H26F3NO3. The summed E-state index contributed by atoms with van der Waals surface area (Å²) in [5, 5.41) is 0. The lowest BCUT2D eigenvalue weighted by molar-refractivity contribution is -0.176. The van der Waals surface area contributed by atoms with Crippen molar-refractivity contribution in [3.05, 3.63) is 34.9 Å². The largest absolute Gasteiger partial charge is 0.493 e. The minimum absolute atomic E-state index is 0.0319. The third-order valence-corrected chi connectivity index (χ3v) is 5.57. The number of esters is 1. The zero-order valence-electron chi connectivity index (χ0n) is 16.4. The lowest BCUT2D eigenvalue weighted by Gasteiger charge is -2.39. The van der Waals surface area contributed by atoms with E-state index in [-0.39, 0.29) is 18.5 Å². The molecule has 2 atom stereocenters. The number of nitrogens with zero attached hydrogens (tertiary/aromatic N) is 1. The molecule has 0 radical (unpaired) electrons. The van der Waals surface area contributed by atoms with Crippen molar-refractivity contribution in [1.29, 1.82) is 0 Å². The van der Waals surface area contributed by atoms with Gasteiger partial charge in [-0.3, -0.25) is 9.69 Å². The molecule has 7 heteroatoms. The van der Waals surface area contributed by atoms with Crippen molar-refractivity contribution < 1.29 is 27.4 Å². The highest BCUT2D eigenvalue weighted by Gasteiger charge is 2.36. The van der Waals surface area contributed by atoms with Crippen LogP contribution in [0.3, 0.4) is 0 Å². The highest BCUT2D eigenvalue weighted by Crippen LogP contribution is 2.33. The van der Waals surface area contributed by atoms with Gasteiger partial charge in [-0.05, 0) is 35.6 Å². The van der Waals surface area contributed by atoms with Gasteiger partial charge in [0.25, 0.3) is 0 Å². The second kappa shape index (κ2) is 8.15. The molecule has 0 bridgehead atoms. The van der Waals surface area contributed by atoms with E-state index in [9.17, 15) is 18.0 Å². The van der Waals surface area contributed by atoms with Gasteiger partial charge in [0, 0.05) is 19.6 Å². The maximum atomic E-state index is 12.6. The first-order valence-electron chi connectivity index (χ1n) is 9.50. The summed E-state index contributed by atoms with van der Waals surface area (Å²) in [6.45, 7) is 5.13. The summed E-state index contributed by atoms with van der Waals surface area (Å²) in [6, 6.07) is 5.48. The molecule has 2 aliphatic rings. The van der Waals surface area contributed by atoms with Crippen LogP contribution in [0.2, 0.25) is 0 Å². The second-order valence-electron chi connectivity index (χ2n) is 7.85. The van der Waals surface area contributed by atoms with Crippen LogP contribution in [0.1, 0.15) is 25.0 Å². The van der Waals surface area contributed by atoms with Crippen molar-refractivity contribution in [1.82, 2.24) is 4.90 Å². The van der Waals surface area contributed by atoms with E-state index in [0.717, 1.165) is 31.0 Å². The molecule has 3 rings (SSSR count). The molecule has 1 aliphatic heterocycles. The van der Waals surface area contributed by atoms with Gasteiger partial charge in [0.05, 0.1) is 25.6 Å². The van der Waals surface area contributed by atoms with Crippen molar-refractivity contribution in [3.63, 3.8) is 0 Å². The number of carbonyl (C=O) groups is 1. The van der Waals surface area contributed by atoms with Gasteiger partial charge in [0.15, 0.2) is 0 Å². The third kappa shape index (κ3) is 4.69. The first-order valence-corrected chi connectivity index (χ1v) is 9.50. The topological polar surface area (TPSA) is 38.8 Å². The van der Waals surface area contributed by atoms with E-state index in [1.807, 2.05) is 12.1 Å². The molecule has 1 saturated heterocycles. The number of hydrogen-bond donors (Lipinski definition) is 0. The molecule has 0 unspecified atom stereocenters. The van der Waals surface area contributed by atoms with Gasteiger partial charge in [-0.15, -0.1) is 0 Å². The Kier molecular flexibility index (Phi) is 6.03. The third-order valence-electron chi connectivity index (χ3n) is 5.57. The Bertz CT molecular complexity index is 754. The Hall–Kier alpha value is -2.02. The molecular weight excluding hydrogens is 371 g/mol. The quantitative estimate of drug-likeness (QED) is 0.682. The van der Waals surface area contributed by atoms with E-state index in [0.29, 0.717) is 24.8 Å². The monoisotopic (exact) mass is 397 g/mol. The number of ether oxygens (including phenoxy) is 2. The van der Waals surface area contributed by atoms with Crippen LogP contribution in [0.4, 0.5) is 13.2 Å². The lowest BCUT2D eigenvalue weighted by atomic mass is 9.83. The highest BCUT2D eigenvalue weighted by molar-refractivity contribution is 5.74. The smallest absolute Gasteiger partial charge is 0.394 e. The number of fused-ring (bicyclic) bond motifs is 1. The first-order chi connectivity index (χ1) is 13.2. The van der Waals surface area contributed by atoms with Crippen molar-refractivity contribution in [2.75, 3.05) is 33.4 Å². The van der Waals surface area contributed by atoms with Crippen LogP contribution < -0.4 is 4.74 Å². The number of alkyl halides is 3. The fourth-order valence-electron chi connectivity index (χ4n) is 3.58. The summed E-state index contributed by atoms with van der Waals surface area (Å²) in [7, 11) is 1.41. The molecule has 1 fully saturated rings. The normalized spacial score (nSPS) is 21.4. The van der Waals surface area contributed by atoms with Crippen molar-refractivity contribution in [2.45, 2.75) is 26.4 Å². The van der Waals surface area contributed by atoms with E-state index >= 15 is 0 Å². The van der Waals surface area contributed by atoms with E-state index < -0.39 is 12.1 Å². The van der Waals surface area contributed by atoms with Crippen molar-refractivity contribution in [3.8, 4) is 5.75 Å². The molecule has 154 valence electrons. The van der Waals surface area contributed by atoms with Crippen LogP contribution in [0.15, 0.2) is 23.8 Å². The van der Waals surface area contributed by atoms with E-state index in [2.05, 4.69) is 17.9 Å². The first kappa shape index (κ1) is 20.7. The summed E-state index contributed by atoms with van der Waals surface area (Å²) >= 11 is 0. The number of carbonyl (C=O) groups excluding carboxylic acids is 1. The Labute approximate surface area is 163 Å². The Balaban J connectivity index is 1.60. The van der Waals surface area contributed by atoms with Crippen LogP contribution in [0.5, 0.6) is 5.75 Å². The van der Waals surface area contributed by atoms with Gasteiger partial charge in [-0.1, -0.05) is 31.6 Å². The number of rotatable bonds is 6. The van der Waals surface area contributed by atoms with Crippen molar-refractivity contribution >= 4 is 12.0 Å². The lowest BCUT2D eigenvalue weighted by Crippen LogP contribution is -2.51. The summed E-state index contributed by atoms with van der Waals surface area (Å²) in [6.07, 6.45) is -1.28. The Morgan fingerprint density at radius 1 is 1.32 bits per heavy atom. The zero-order chi connectivity index (χ0) is 20.5. The number of benzene rings is 1. The van der Waals surface area contributed by atoms with Gasteiger partial charge in [-0.25, -0.2) is 0 Å². The van der Waals surface area contributed by atoms with E-state index in [4.69, 9.17) is 9.47 Å². The molecule has 0 aromatic heterocycles. The molecule has 0 amide bonds. The summed E-state index contributed by atoms with van der Waals surface area (Å²) in [5.41, 5.74) is 3.47. The predicted octanol–water partition coefficient (Wildman–Crippen LogP) is 3.94. The molecule has 1 aromatic carbocycles. The maximum absolute atomic E-state index is 12.6. The van der Waals surface area contributed by atoms with Gasteiger partial charge in [-0.2, -0.15) is 13.2 Å². The van der Waals surface area contributed by atoms with Crippen LogP contribution >= 0.6 is 0 Å². The molecule has 0 N–H and O–H groups in total. The zero-order valence-corrected chi connectivity index (χ0v) is 16.4. The standard InChI is InChI=1S/C21H26F3NO3/c1-13-6-16-8-19(28-12-14(2)21(22,23)24)5-4-15(16)7-17(13)9-25-10-18(11-25)20(26)27-3/h4-5,7-8,13-14,18H,6,9-12H2,1-3H3/t13-,14+/m0/s1. The van der Waals surface area contributed by atoms with Crippen LogP contribution in [-0.2, 0) is 16.0 Å². The van der Waals surface area contributed by atoms with Gasteiger partial charge in [0.1, 0.15) is 5.75 Å². The summed E-state index contributed by atoms with van der Waals surface area (Å²) in [4.78, 5) is 13.7. The minimum atomic E-state index is -4.25. The number of likely N-dealkylation sites (tertiary alicyclic amines) is 1. The minimum Gasteiger partial charge on any atom is -0.493 e. The van der Waals surface area contributed by atoms with Gasteiger partial charge >= 0.3 is 12.1 Å². The molecule has 0 spiro atoms. The van der Waals surface area contributed by atoms with Crippen LogP contribution in [-0.4, -0.2) is 50.4 Å². The number of halogens is 3. The number of hydrogen-bond acceptors (Lipinski definition) is 4. The van der Waals surface area contributed by atoms with Gasteiger partial charge < -0.3 is 9.47 Å². The molecule has 1 heterocycles. The SMILES string of the molecule is COC(=O)C1CN(CC2=Cc3ccc(OC[C@@H](C)C(F)(F)F)cc3C[C@@H]2C)C1. The molecule has 1 aliphatic carbocycles. The molecule has 0 saturated carbocycles. The average Bonchev–Trinajstić information content (AvgIpc) is 2.60. The summed E-state index contributed by atoms with van der Waals surface area (Å²) < 4.78 is 48.0. The average molecular weight is 397 g/mol. The molecule has 28 heavy (non-hydrogen) atoms. The fraction of sp³-hybridized carbons (Fsp3) is 0.571. The van der Waals surface area contributed by atoms with E-state index in [1.54, 1.807) is 6.07 Å². The molecule has 4 nitrogen and oxygen atoms in total. The summed E-state index contributed by atoms with van der Waals surface area (Å²) in [5.74, 6) is -0.883. The number of methoxy groups -OCH3 is 1. The fourth-order valence-corrected chi connectivity index (χ4v) is 3.58. The van der Waals surface area contributed by atoms with Crippen molar-refractivity contribution in [2.24, 2.45) is 17.8 Å². The maximum Gasteiger partial charge on any atom is 0.394 e. The van der Waals surface area contributed by atoms with Crippen LogP contribution in [0, 0.1) is 17.8 Å². The Morgan fingerprint density at radius 3 is 2.68 bits per heavy atom. The van der Waals surface area contributed by atoms with Crippen LogP contribution in [0.25, 0.3) is 6.08 Å². The van der Waals surface area contributed by atoms with Gasteiger partial charge in [0.2, 0.25) is 0 Å². The van der Waals surface area contributed by atoms with E-state index in [1.165, 1.54) is 12.7 Å². The predicted molar refractivity (Wildman–Crippen MR) is 99.9 cm³/mol. The molecule has 1 aromatic rings.